The first-order chi connectivity index (χ1) is 12.7. The first-order valence-electron chi connectivity index (χ1n) is 7.98. The third-order valence-electron chi connectivity index (χ3n) is 3.57. The second kappa shape index (κ2) is 7.94. The van der Waals surface area contributed by atoms with Crippen molar-refractivity contribution in [2.75, 3.05) is 12.4 Å². The predicted molar refractivity (Wildman–Crippen MR) is 98.5 cm³/mol. The predicted octanol–water partition coefficient (Wildman–Crippen LogP) is 3.49. The Morgan fingerprint density at radius 3 is 2.31 bits per heavy atom. The monoisotopic (exact) mass is 347 g/mol. The zero-order valence-electron chi connectivity index (χ0n) is 14.1. The number of nitrogens with zero attached hydrogens (tertiary/aromatic N) is 1. The molecule has 3 aromatic rings. The minimum Gasteiger partial charge on any atom is -0.457 e. The van der Waals surface area contributed by atoms with Crippen molar-refractivity contribution in [3.8, 4) is 11.5 Å². The molecule has 6 heteroatoms. The molecule has 0 radical (unpaired) electrons. The van der Waals surface area contributed by atoms with Crippen LogP contribution >= 0.6 is 0 Å². The van der Waals surface area contributed by atoms with Gasteiger partial charge in [0.15, 0.2) is 0 Å². The molecule has 3 rings (SSSR count). The number of ether oxygens (including phenoxy) is 1. The molecule has 130 valence electrons. The van der Waals surface area contributed by atoms with Crippen LogP contribution in [0.3, 0.4) is 0 Å². The Bertz CT molecular complexity index is 909. The smallest absolute Gasteiger partial charge is 0.269 e. The maximum atomic E-state index is 12.1. The molecule has 26 heavy (non-hydrogen) atoms. The molecular formula is C20H17N3O3. The Hall–Kier alpha value is -3.67. The summed E-state index contributed by atoms with van der Waals surface area (Å²) >= 11 is 0. The Balaban J connectivity index is 1.66. The number of aromatic nitrogens is 1. The highest BCUT2D eigenvalue weighted by molar-refractivity contribution is 6.04. The largest absolute Gasteiger partial charge is 0.457 e. The molecule has 0 saturated carbocycles. The summed E-state index contributed by atoms with van der Waals surface area (Å²) in [6.07, 6.45) is 1.51. The highest BCUT2D eigenvalue weighted by Gasteiger charge is 2.08. The van der Waals surface area contributed by atoms with Crippen molar-refractivity contribution < 1.29 is 14.3 Å². The summed E-state index contributed by atoms with van der Waals surface area (Å²) < 4.78 is 5.73. The topological polar surface area (TPSA) is 80.3 Å². The molecule has 0 aliphatic heterocycles. The summed E-state index contributed by atoms with van der Waals surface area (Å²) in [4.78, 5) is 27.7. The lowest BCUT2D eigenvalue weighted by Crippen LogP contribution is -2.18. The van der Waals surface area contributed by atoms with Crippen LogP contribution in [0.1, 0.15) is 20.8 Å². The van der Waals surface area contributed by atoms with Gasteiger partial charge in [-0.05, 0) is 42.5 Å². The van der Waals surface area contributed by atoms with Crippen molar-refractivity contribution in [3.63, 3.8) is 0 Å². The number of carbonyl (C=O) groups is 2. The molecule has 0 atom stereocenters. The Kier molecular flexibility index (Phi) is 5.24. The van der Waals surface area contributed by atoms with E-state index < -0.39 is 0 Å². The molecule has 2 amide bonds. The molecule has 1 aromatic heterocycles. The summed E-state index contributed by atoms with van der Waals surface area (Å²) in [6.45, 7) is 0. The van der Waals surface area contributed by atoms with Crippen molar-refractivity contribution in [3.05, 3.63) is 84.2 Å². The molecule has 0 fully saturated rings. The quantitative estimate of drug-likeness (QED) is 0.740. The molecule has 6 nitrogen and oxygen atoms in total. The second-order valence-corrected chi connectivity index (χ2v) is 5.40. The molecule has 2 aromatic carbocycles. The standard InChI is InChI=1S/C20H17N3O3/c1-21-20(25)18-13-17(11-12-22-18)26-16-9-7-15(8-10-16)23-19(24)14-5-3-2-4-6-14/h2-13H,1H3,(H,21,25)(H,23,24). The van der Waals surface area contributed by atoms with E-state index in [2.05, 4.69) is 15.6 Å². The summed E-state index contributed by atoms with van der Waals surface area (Å²) in [5, 5.41) is 5.34. The van der Waals surface area contributed by atoms with Gasteiger partial charge in [0, 0.05) is 30.6 Å². The highest BCUT2D eigenvalue weighted by atomic mass is 16.5. The van der Waals surface area contributed by atoms with Gasteiger partial charge in [-0.25, -0.2) is 0 Å². The number of hydrogen-bond donors (Lipinski definition) is 2. The number of anilines is 1. The van der Waals surface area contributed by atoms with Gasteiger partial charge in [-0.3, -0.25) is 14.6 Å². The van der Waals surface area contributed by atoms with Gasteiger partial charge in [0.1, 0.15) is 17.2 Å². The van der Waals surface area contributed by atoms with E-state index in [1.165, 1.54) is 6.20 Å². The van der Waals surface area contributed by atoms with Crippen LogP contribution in [0, 0.1) is 0 Å². The van der Waals surface area contributed by atoms with E-state index in [9.17, 15) is 9.59 Å². The third kappa shape index (κ3) is 4.24. The van der Waals surface area contributed by atoms with Crippen LogP contribution in [0.5, 0.6) is 11.5 Å². The van der Waals surface area contributed by atoms with E-state index in [0.29, 0.717) is 22.7 Å². The van der Waals surface area contributed by atoms with Crippen LogP contribution in [0.15, 0.2) is 72.9 Å². The third-order valence-corrected chi connectivity index (χ3v) is 3.57. The summed E-state index contributed by atoms with van der Waals surface area (Å²) in [6, 6.07) is 19.2. The van der Waals surface area contributed by atoms with Gasteiger partial charge in [0.2, 0.25) is 0 Å². The molecule has 0 aliphatic carbocycles. The fourth-order valence-corrected chi connectivity index (χ4v) is 2.26. The van der Waals surface area contributed by atoms with Crippen LogP contribution in [0.2, 0.25) is 0 Å². The van der Waals surface area contributed by atoms with Crippen LogP contribution in [0.4, 0.5) is 5.69 Å². The SMILES string of the molecule is CNC(=O)c1cc(Oc2ccc(NC(=O)c3ccccc3)cc2)ccn1. The van der Waals surface area contributed by atoms with Crippen molar-refractivity contribution in [1.82, 2.24) is 10.3 Å². The average Bonchev–Trinajstić information content (AvgIpc) is 2.69. The van der Waals surface area contributed by atoms with E-state index in [0.717, 1.165) is 0 Å². The zero-order chi connectivity index (χ0) is 18.4. The molecule has 0 spiro atoms. The fraction of sp³-hybridized carbons (Fsp3) is 0.0500. The highest BCUT2D eigenvalue weighted by Crippen LogP contribution is 2.23. The van der Waals surface area contributed by atoms with Crippen molar-refractivity contribution in [1.29, 1.82) is 0 Å². The van der Waals surface area contributed by atoms with Gasteiger partial charge in [0.25, 0.3) is 11.8 Å². The lowest BCUT2D eigenvalue weighted by atomic mass is 10.2. The summed E-state index contributed by atoms with van der Waals surface area (Å²) in [7, 11) is 1.54. The fourth-order valence-electron chi connectivity index (χ4n) is 2.26. The molecule has 0 aliphatic rings. The van der Waals surface area contributed by atoms with Gasteiger partial charge < -0.3 is 15.4 Å². The lowest BCUT2D eigenvalue weighted by Gasteiger charge is -2.09. The zero-order valence-corrected chi connectivity index (χ0v) is 14.1. The molecule has 0 unspecified atom stereocenters. The number of nitrogens with one attached hydrogen (secondary N) is 2. The van der Waals surface area contributed by atoms with Crippen LogP contribution in [-0.2, 0) is 0 Å². The number of carbonyl (C=O) groups excluding carboxylic acids is 2. The molecule has 2 N–H and O–H groups in total. The number of hydrogen-bond acceptors (Lipinski definition) is 4. The number of amides is 2. The Labute approximate surface area is 150 Å². The van der Waals surface area contributed by atoms with E-state index in [1.807, 2.05) is 18.2 Å². The number of rotatable bonds is 5. The van der Waals surface area contributed by atoms with Gasteiger partial charge in [-0.1, -0.05) is 18.2 Å². The van der Waals surface area contributed by atoms with Crippen molar-refractivity contribution >= 4 is 17.5 Å². The van der Waals surface area contributed by atoms with E-state index in [-0.39, 0.29) is 17.5 Å². The maximum Gasteiger partial charge on any atom is 0.269 e. The Morgan fingerprint density at radius 1 is 0.885 bits per heavy atom. The van der Waals surface area contributed by atoms with Crippen molar-refractivity contribution in [2.45, 2.75) is 0 Å². The molecular weight excluding hydrogens is 330 g/mol. The average molecular weight is 347 g/mol. The van der Waals surface area contributed by atoms with Gasteiger partial charge in [-0.15, -0.1) is 0 Å². The van der Waals surface area contributed by atoms with Crippen LogP contribution in [-0.4, -0.2) is 23.8 Å². The van der Waals surface area contributed by atoms with Crippen LogP contribution in [0.25, 0.3) is 0 Å². The number of benzene rings is 2. The maximum absolute atomic E-state index is 12.1. The Morgan fingerprint density at radius 2 is 1.62 bits per heavy atom. The molecule has 0 bridgehead atoms. The first-order valence-corrected chi connectivity index (χ1v) is 7.98. The molecule has 1 heterocycles. The van der Waals surface area contributed by atoms with E-state index in [4.69, 9.17) is 4.74 Å². The minimum absolute atomic E-state index is 0.177. The first kappa shape index (κ1) is 17.2. The lowest BCUT2D eigenvalue weighted by molar-refractivity contribution is 0.0957. The summed E-state index contributed by atoms with van der Waals surface area (Å²) in [5.41, 5.74) is 1.52. The van der Waals surface area contributed by atoms with E-state index >= 15 is 0 Å². The molecule has 0 saturated heterocycles. The normalized spacial score (nSPS) is 10.0. The summed E-state index contributed by atoms with van der Waals surface area (Å²) in [5.74, 6) is 0.620. The number of pyridine rings is 1. The van der Waals surface area contributed by atoms with Gasteiger partial charge >= 0.3 is 0 Å². The van der Waals surface area contributed by atoms with Gasteiger partial charge in [0.05, 0.1) is 0 Å². The second-order valence-electron chi connectivity index (χ2n) is 5.40. The van der Waals surface area contributed by atoms with Crippen molar-refractivity contribution in [2.24, 2.45) is 0 Å². The minimum atomic E-state index is -0.283. The van der Waals surface area contributed by atoms with E-state index in [1.54, 1.807) is 55.6 Å². The van der Waals surface area contributed by atoms with Crippen LogP contribution < -0.4 is 15.4 Å². The van der Waals surface area contributed by atoms with Gasteiger partial charge in [-0.2, -0.15) is 0 Å².